The largest absolute Gasteiger partial charge is 0.369 e. The van der Waals surface area contributed by atoms with Gasteiger partial charge in [0, 0.05) is 33.3 Å². The van der Waals surface area contributed by atoms with E-state index in [0.717, 1.165) is 13.1 Å². The van der Waals surface area contributed by atoms with Gasteiger partial charge in [-0.05, 0) is 62.9 Å². The average Bonchev–Trinajstić information content (AvgIpc) is 3.03. The Morgan fingerprint density at radius 3 is 1.81 bits per heavy atom. The van der Waals surface area contributed by atoms with Crippen molar-refractivity contribution in [3.8, 4) is 0 Å². The number of piperazine rings is 1. The van der Waals surface area contributed by atoms with Crippen molar-refractivity contribution in [3.05, 3.63) is 65.2 Å². The van der Waals surface area contributed by atoms with E-state index in [9.17, 15) is 0 Å². The zero-order chi connectivity index (χ0) is 21.5. The van der Waals surface area contributed by atoms with Crippen LogP contribution in [0.5, 0.6) is 0 Å². The fraction of sp³-hybridized carbons (Fsp3) is 0.586. The molecule has 31 heavy (non-hydrogen) atoms. The van der Waals surface area contributed by atoms with Gasteiger partial charge in [-0.15, -0.1) is 0 Å². The number of hydrogen-bond donors (Lipinski definition) is 0. The van der Waals surface area contributed by atoms with Crippen molar-refractivity contribution in [2.24, 2.45) is 0 Å². The Kier molecular flexibility index (Phi) is 19.2. The van der Waals surface area contributed by atoms with Gasteiger partial charge >= 0.3 is 0 Å². The van der Waals surface area contributed by atoms with Crippen molar-refractivity contribution < 1.29 is 1.43 Å². The van der Waals surface area contributed by atoms with Crippen LogP contribution in [0.4, 0.5) is 5.69 Å². The Hall–Kier alpha value is -1.80. The molecule has 2 nitrogen and oxygen atoms in total. The molecule has 0 N–H and O–H groups in total. The Labute approximate surface area is 197 Å². The number of anilines is 1. The van der Waals surface area contributed by atoms with Crippen molar-refractivity contribution in [2.45, 2.75) is 81.6 Å². The summed E-state index contributed by atoms with van der Waals surface area (Å²) in [5, 5.41) is 0. The van der Waals surface area contributed by atoms with Gasteiger partial charge in [0.25, 0.3) is 0 Å². The summed E-state index contributed by atoms with van der Waals surface area (Å²) in [6.45, 7) is 14.8. The fourth-order valence-corrected chi connectivity index (χ4v) is 3.74. The summed E-state index contributed by atoms with van der Waals surface area (Å²) < 4.78 is 0. The van der Waals surface area contributed by atoms with Crippen LogP contribution in [0.25, 0.3) is 0 Å². The first kappa shape index (κ1) is 31.4. The molecule has 1 heterocycles. The highest BCUT2D eigenvalue weighted by Gasteiger charge is 2.13. The van der Waals surface area contributed by atoms with Gasteiger partial charge in [-0.1, -0.05) is 90.9 Å². The molecule has 1 aliphatic heterocycles. The number of aryl methyl sites for hydroxylation is 3. The van der Waals surface area contributed by atoms with Gasteiger partial charge in [0.2, 0.25) is 0 Å². The lowest BCUT2D eigenvalue weighted by Gasteiger charge is -2.33. The second-order valence-electron chi connectivity index (χ2n) is 7.46. The molecule has 2 aromatic rings. The van der Waals surface area contributed by atoms with Crippen molar-refractivity contribution in [2.75, 3.05) is 38.1 Å². The molecule has 4 rings (SSSR count). The van der Waals surface area contributed by atoms with E-state index in [2.05, 4.69) is 72.3 Å². The van der Waals surface area contributed by atoms with Crippen LogP contribution in [0.3, 0.4) is 0 Å². The van der Waals surface area contributed by atoms with Crippen LogP contribution in [0.1, 0.15) is 79.9 Å². The lowest BCUT2D eigenvalue weighted by atomic mass is 10.0. The lowest BCUT2D eigenvalue weighted by Crippen LogP contribution is -2.44. The molecule has 180 valence electrons. The summed E-state index contributed by atoms with van der Waals surface area (Å²) in [7, 11) is 2.18. The Morgan fingerprint density at radius 1 is 0.677 bits per heavy atom. The molecule has 0 unspecified atom stereocenters. The first-order valence-electron chi connectivity index (χ1n) is 11.8. The second-order valence-corrected chi connectivity index (χ2v) is 7.46. The van der Waals surface area contributed by atoms with E-state index in [1.54, 1.807) is 11.1 Å². The van der Waals surface area contributed by atoms with Crippen LogP contribution >= 0.6 is 0 Å². The van der Waals surface area contributed by atoms with E-state index in [-0.39, 0.29) is 16.3 Å². The molecule has 0 spiro atoms. The summed E-state index contributed by atoms with van der Waals surface area (Å²) >= 11 is 0. The quantitative estimate of drug-likeness (QED) is 0.420. The fourth-order valence-electron chi connectivity index (χ4n) is 3.74. The SMILES string of the molecule is C.C.CC.CC.CN1CCN(c2ccccc2)CC1.Cc1ccc2c(c1)CCCCC2.[HH]. The topological polar surface area (TPSA) is 6.48 Å². The van der Waals surface area contributed by atoms with Crippen LogP contribution in [-0.4, -0.2) is 38.1 Å². The second kappa shape index (κ2) is 18.9. The van der Waals surface area contributed by atoms with Crippen LogP contribution < -0.4 is 4.90 Å². The number of fused-ring (bicyclic) bond motifs is 1. The molecule has 2 aromatic carbocycles. The van der Waals surface area contributed by atoms with Gasteiger partial charge in [-0.3, -0.25) is 0 Å². The van der Waals surface area contributed by atoms with Gasteiger partial charge < -0.3 is 9.80 Å². The Morgan fingerprint density at radius 2 is 1.23 bits per heavy atom. The molecule has 1 aliphatic carbocycles. The molecule has 0 saturated carbocycles. The monoisotopic (exact) mass is 430 g/mol. The third-order valence-electron chi connectivity index (χ3n) is 5.38. The lowest BCUT2D eigenvalue weighted by molar-refractivity contribution is 0.313. The van der Waals surface area contributed by atoms with Crippen molar-refractivity contribution in [1.29, 1.82) is 0 Å². The molecule has 0 amide bonds. The minimum Gasteiger partial charge on any atom is -0.369 e. The van der Waals surface area contributed by atoms with E-state index < -0.39 is 0 Å². The third kappa shape index (κ3) is 11.4. The molecule has 0 atom stereocenters. The molecule has 1 saturated heterocycles. The minimum atomic E-state index is 0. The predicted octanol–water partition coefficient (Wildman–Crippen LogP) is 8.27. The number of nitrogens with zero attached hydrogens (tertiary/aromatic N) is 2. The Bertz CT molecular complexity index is 649. The smallest absolute Gasteiger partial charge is 0.0367 e. The standard InChI is InChI=1S/C12H16.C11H16N2.2C2H6.2CH4.H2/c1-10-7-8-11-5-3-2-4-6-12(11)9-10;1-12-7-9-13(10-8-12)11-5-3-2-4-6-11;2*1-2;;;/h7-9H,2-6H2,1H3;2-6H,7-10H2,1H3;2*1-2H3;2*1H4;1H. The van der Waals surface area contributed by atoms with Crippen LogP contribution in [0.2, 0.25) is 0 Å². The number of benzene rings is 2. The summed E-state index contributed by atoms with van der Waals surface area (Å²) in [4.78, 5) is 4.82. The number of para-hydroxylation sites is 1. The zero-order valence-corrected chi connectivity index (χ0v) is 19.9. The first-order chi connectivity index (χ1) is 14.2. The highest BCUT2D eigenvalue weighted by atomic mass is 15.2. The molecule has 0 aromatic heterocycles. The molecule has 2 heteroatoms. The molecular weight excluding hydrogens is 376 g/mol. The van der Waals surface area contributed by atoms with Crippen molar-refractivity contribution >= 4 is 5.69 Å². The van der Waals surface area contributed by atoms with E-state index >= 15 is 0 Å². The normalized spacial score (nSPS) is 14.8. The van der Waals surface area contributed by atoms with Gasteiger partial charge in [0.1, 0.15) is 0 Å². The number of rotatable bonds is 1. The molecule has 0 bridgehead atoms. The summed E-state index contributed by atoms with van der Waals surface area (Å²) in [5.41, 5.74) is 5.97. The van der Waals surface area contributed by atoms with Gasteiger partial charge in [-0.25, -0.2) is 0 Å². The maximum atomic E-state index is 2.44. The maximum Gasteiger partial charge on any atom is 0.0367 e. The highest BCUT2D eigenvalue weighted by molar-refractivity contribution is 5.46. The maximum absolute atomic E-state index is 2.44. The molecular formula is C29H54N2. The van der Waals surface area contributed by atoms with E-state index in [1.165, 1.54) is 56.4 Å². The predicted molar refractivity (Wildman–Crippen MR) is 147 cm³/mol. The molecule has 0 radical (unpaired) electrons. The van der Waals surface area contributed by atoms with E-state index in [1.807, 2.05) is 27.7 Å². The summed E-state index contributed by atoms with van der Waals surface area (Å²) in [5.74, 6) is 0. The van der Waals surface area contributed by atoms with Crippen LogP contribution in [-0.2, 0) is 12.8 Å². The highest BCUT2D eigenvalue weighted by Crippen LogP contribution is 2.21. The zero-order valence-electron chi connectivity index (χ0n) is 19.9. The van der Waals surface area contributed by atoms with Gasteiger partial charge in [0.15, 0.2) is 0 Å². The molecule has 1 fully saturated rings. The minimum absolute atomic E-state index is 0. The van der Waals surface area contributed by atoms with Gasteiger partial charge in [0.05, 0.1) is 0 Å². The number of hydrogen-bond acceptors (Lipinski definition) is 2. The average molecular weight is 431 g/mol. The third-order valence-corrected chi connectivity index (χ3v) is 5.38. The van der Waals surface area contributed by atoms with Crippen LogP contribution in [0.15, 0.2) is 48.5 Å². The summed E-state index contributed by atoms with van der Waals surface area (Å²) in [6, 6.07) is 17.6. The van der Waals surface area contributed by atoms with Gasteiger partial charge in [-0.2, -0.15) is 0 Å². The van der Waals surface area contributed by atoms with E-state index in [4.69, 9.17) is 0 Å². The first-order valence-corrected chi connectivity index (χ1v) is 11.8. The van der Waals surface area contributed by atoms with Crippen molar-refractivity contribution in [1.82, 2.24) is 4.90 Å². The molecule has 2 aliphatic rings. The van der Waals surface area contributed by atoms with E-state index in [0.29, 0.717) is 0 Å². The number of likely N-dealkylation sites (N-methyl/N-ethyl adjacent to an activating group) is 1. The van der Waals surface area contributed by atoms with Crippen molar-refractivity contribution in [3.63, 3.8) is 0 Å². The van der Waals surface area contributed by atoms with Crippen LogP contribution in [0, 0.1) is 6.92 Å². The Balaban J connectivity index is -0.000000422. The summed E-state index contributed by atoms with van der Waals surface area (Å²) in [6.07, 6.45) is 6.78.